The van der Waals surface area contributed by atoms with E-state index in [1.54, 1.807) is 0 Å². The van der Waals surface area contributed by atoms with Crippen molar-refractivity contribution in [2.75, 3.05) is 10.6 Å². The molecule has 0 fully saturated rings. The number of nitrogens with one attached hydrogen (secondary N) is 2. The number of amides is 2. The molecule has 8 heteroatoms. The summed E-state index contributed by atoms with van der Waals surface area (Å²) in [5.74, 6) is -1.55. The molecule has 0 radical (unpaired) electrons. The Kier molecular flexibility index (Phi) is 3.24. The Morgan fingerprint density at radius 2 is 2.12 bits per heavy atom. The molecule has 2 N–H and O–H groups in total. The van der Waals surface area contributed by atoms with Crippen LogP contribution < -0.4 is 10.6 Å². The van der Waals surface area contributed by atoms with E-state index in [2.05, 4.69) is 20.2 Å². The molecule has 0 atom stereocenters. The van der Waals surface area contributed by atoms with Crippen molar-refractivity contribution in [2.45, 2.75) is 0 Å². The van der Waals surface area contributed by atoms with E-state index in [4.69, 9.17) is 0 Å². The van der Waals surface area contributed by atoms with Crippen LogP contribution in [0.25, 0.3) is 0 Å². The van der Waals surface area contributed by atoms with Gasteiger partial charge in [-0.05, 0) is 12.1 Å². The lowest BCUT2D eigenvalue weighted by Crippen LogP contribution is -2.19. The number of hydrogen-bond donors (Lipinski definition) is 2. The van der Waals surface area contributed by atoms with Crippen molar-refractivity contribution in [1.82, 2.24) is 9.59 Å². The lowest BCUT2D eigenvalue weighted by molar-refractivity contribution is 0.262. The van der Waals surface area contributed by atoms with Gasteiger partial charge in [-0.2, -0.15) is 0 Å². The third kappa shape index (κ3) is 2.94. The molecule has 17 heavy (non-hydrogen) atoms. The van der Waals surface area contributed by atoms with E-state index in [1.807, 2.05) is 0 Å². The lowest BCUT2D eigenvalue weighted by atomic mass is 10.3. The Balaban J connectivity index is 2.03. The number of aromatic nitrogens is 2. The highest BCUT2D eigenvalue weighted by Gasteiger charge is 2.08. The summed E-state index contributed by atoms with van der Waals surface area (Å²) in [5, 5.41) is 8.57. The fourth-order valence-corrected chi connectivity index (χ4v) is 1.49. The smallest absolute Gasteiger partial charge is 0.305 e. The van der Waals surface area contributed by atoms with Gasteiger partial charge in [0.15, 0.2) is 0 Å². The second-order valence-electron chi connectivity index (χ2n) is 2.99. The highest BCUT2D eigenvalue weighted by molar-refractivity contribution is 7.10. The van der Waals surface area contributed by atoms with Gasteiger partial charge in [-0.1, -0.05) is 4.49 Å². The van der Waals surface area contributed by atoms with Crippen molar-refractivity contribution in [1.29, 1.82) is 0 Å². The van der Waals surface area contributed by atoms with Gasteiger partial charge in [-0.3, -0.25) is 5.32 Å². The molecule has 2 aromatic rings. The maximum Gasteiger partial charge on any atom is 0.324 e. The number of benzene rings is 1. The summed E-state index contributed by atoms with van der Waals surface area (Å²) in [4.78, 5) is 11.4. The van der Waals surface area contributed by atoms with Crippen molar-refractivity contribution >= 4 is 28.3 Å². The molecule has 1 heterocycles. The number of rotatable bonds is 2. The zero-order chi connectivity index (χ0) is 12.3. The van der Waals surface area contributed by atoms with Crippen molar-refractivity contribution < 1.29 is 13.6 Å². The van der Waals surface area contributed by atoms with Gasteiger partial charge in [0.25, 0.3) is 0 Å². The third-order valence-corrected chi connectivity index (χ3v) is 2.36. The summed E-state index contributed by atoms with van der Waals surface area (Å²) >= 11 is 0.982. The molecule has 0 spiro atoms. The maximum absolute atomic E-state index is 13.2. The fourth-order valence-electron chi connectivity index (χ4n) is 1.08. The van der Waals surface area contributed by atoms with Crippen molar-refractivity contribution in [2.24, 2.45) is 0 Å². The summed E-state index contributed by atoms with van der Waals surface area (Å²) < 4.78 is 29.3. The second kappa shape index (κ2) is 4.83. The first-order chi connectivity index (χ1) is 8.15. The number of nitrogens with zero attached hydrogens (tertiary/aromatic N) is 2. The van der Waals surface area contributed by atoms with Crippen LogP contribution in [0.4, 0.5) is 24.3 Å². The van der Waals surface area contributed by atoms with Crippen LogP contribution in [-0.2, 0) is 0 Å². The van der Waals surface area contributed by atoms with Crippen LogP contribution in [0.2, 0.25) is 0 Å². The first-order valence-corrected chi connectivity index (χ1v) is 5.23. The van der Waals surface area contributed by atoms with Gasteiger partial charge in [0.05, 0.1) is 11.9 Å². The number of hydrogen-bond acceptors (Lipinski definition) is 4. The number of halogens is 2. The van der Waals surface area contributed by atoms with Crippen LogP contribution in [0.3, 0.4) is 0 Å². The van der Waals surface area contributed by atoms with Crippen molar-refractivity contribution in [3.05, 3.63) is 36.0 Å². The van der Waals surface area contributed by atoms with Crippen LogP contribution in [0.1, 0.15) is 0 Å². The zero-order valence-electron chi connectivity index (χ0n) is 8.28. The van der Waals surface area contributed by atoms with Gasteiger partial charge >= 0.3 is 6.03 Å². The second-order valence-corrected chi connectivity index (χ2v) is 3.77. The average molecular weight is 256 g/mol. The van der Waals surface area contributed by atoms with Gasteiger partial charge < -0.3 is 5.32 Å². The van der Waals surface area contributed by atoms with E-state index in [0.29, 0.717) is 11.1 Å². The maximum atomic E-state index is 13.2. The Morgan fingerprint density at radius 1 is 1.29 bits per heavy atom. The summed E-state index contributed by atoms with van der Waals surface area (Å²) in [6.07, 6.45) is 1.35. The largest absolute Gasteiger partial charge is 0.324 e. The minimum atomic E-state index is -0.845. The SMILES string of the molecule is O=C(Nc1cnns1)Nc1ccc(F)cc1F. The molecule has 2 rings (SSSR count). The van der Waals surface area contributed by atoms with E-state index >= 15 is 0 Å². The number of carbonyl (C=O) groups excluding carboxylic acids is 1. The Morgan fingerprint density at radius 3 is 2.76 bits per heavy atom. The number of anilines is 2. The van der Waals surface area contributed by atoms with E-state index in [1.165, 1.54) is 6.20 Å². The quantitative estimate of drug-likeness (QED) is 0.867. The fraction of sp³-hybridized carbons (Fsp3) is 0. The van der Waals surface area contributed by atoms with Gasteiger partial charge in [0, 0.05) is 17.6 Å². The Labute approximate surface area is 98.6 Å². The highest BCUT2D eigenvalue weighted by atomic mass is 32.1. The van der Waals surface area contributed by atoms with Gasteiger partial charge in [-0.25, -0.2) is 13.6 Å². The molecular weight excluding hydrogens is 250 g/mol. The predicted molar refractivity (Wildman–Crippen MR) is 58.9 cm³/mol. The molecule has 0 saturated heterocycles. The Bertz CT molecular complexity index is 532. The highest BCUT2D eigenvalue weighted by Crippen LogP contribution is 2.16. The normalized spacial score (nSPS) is 10.0. The molecule has 88 valence electrons. The average Bonchev–Trinajstić information content (AvgIpc) is 2.75. The van der Waals surface area contributed by atoms with Gasteiger partial charge in [0.1, 0.15) is 16.6 Å². The predicted octanol–water partition coefficient (Wildman–Crippen LogP) is 2.46. The monoisotopic (exact) mass is 256 g/mol. The first-order valence-electron chi connectivity index (χ1n) is 4.45. The van der Waals surface area contributed by atoms with Gasteiger partial charge in [-0.15, -0.1) is 5.10 Å². The van der Waals surface area contributed by atoms with Gasteiger partial charge in [0.2, 0.25) is 0 Å². The molecule has 0 aliphatic carbocycles. The van der Waals surface area contributed by atoms with E-state index in [-0.39, 0.29) is 5.69 Å². The van der Waals surface area contributed by atoms with Crippen LogP contribution in [0.15, 0.2) is 24.4 Å². The molecule has 1 aromatic heterocycles. The molecule has 0 aliphatic heterocycles. The summed E-state index contributed by atoms with van der Waals surface area (Å²) in [7, 11) is 0. The summed E-state index contributed by atoms with van der Waals surface area (Å²) in [5.41, 5.74) is -0.110. The van der Waals surface area contributed by atoms with E-state index < -0.39 is 17.7 Å². The van der Waals surface area contributed by atoms with Crippen LogP contribution in [0.5, 0.6) is 0 Å². The number of carbonyl (C=O) groups is 1. The zero-order valence-corrected chi connectivity index (χ0v) is 9.09. The first kappa shape index (κ1) is 11.4. The Hall–Kier alpha value is -2.09. The van der Waals surface area contributed by atoms with Crippen molar-refractivity contribution in [3.63, 3.8) is 0 Å². The summed E-state index contributed by atoms with van der Waals surface area (Å²) in [6.45, 7) is 0. The van der Waals surface area contributed by atoms with E-state index in [9.17, 15) is 13.6 Å². The standard InChI is InChI=1S/C9H6F2N4OS/c10-5-1-2-7(6(11)3-5)13-9(16)14-8-4-12-15-17-8/h1-4H,(H2,13,14,16). The molecule has 0 saturated carbocycles. The van der Waals surface area contributed by atoms with Crippen LogP contribution in [0, 0.1) is 11.6 Å². The molecule has 2 amide bonds. The minimum absolute atomic E-state index is 0.110. The topological polar surface area (TPSA) is 66.9 Å². The van der Waals surface area contributed by atoms with Crippen LogP contribution in [-0.4, -0.2) is 15.6 Å². The minimum Gasteiger partial charge on any atom is -0.305 e. The lowest BCUT2D eigenvalue weighted by Gasteiger charge is -2.06. The molecule has 1 aromatic carbocycles. The van der Waals surface area contributed by atoms with Crippen molar-refractivity contribution in [3.8, 4) is 0 Å². The summed E-state index contributed by atoms with van der Waals surface area (Å²) in [6, 6.07) is 2.22. The molecule has 5 nitrogen and oxygen atoms in total. The third-order valence-electron chi connectivity index (χ3n) is 1.78. The number of urea groups is 1. The van der Waals surface area contributed by atoms with Crippen LogP contribution >= 0.6 is 11.5 Å². The van der Waals surface area contributed by atoms with E-state index in [0.717, 1.165) is 23.7 Å². The molecule has 0 aliphatic rings. The molecule has 0 bridgehead atoms. The molecule has 0 unspecified atom stereocenters. The molecular formula is C9H6F2N4OS.